The minimum atomic E-state index is -0.563. The van der Waals surface area contributed by atoms with Crippen molar-refractivity contribution < 1.29 is 14.4 Å². The summed E-state index contributed by atoms with van der Waals surface area (Å²) in [5.41, 5.74) is 2.02. The first kappa shape index (κ1) is 8.23. The molecule has 0 rings (SSSR count). The Bertz CT molecular complexity index is 92.2. The molecule has 0 aliphatic heterocycles. The van der Waals surface area contributed by atoms with Crippen molar-refractivity contribution in [3.63, 3.8) is 0 Å². The van der Waals surface area contributed by atoms with E-state index >= 15 is 0 Å². The fraction of sp³-hybridized carbons (Fsp3) is 0.800. The molecule has 0 aliphatic rings. The third-order valence-electron chi connectivity index (χ3n) is 0.528. The van der Waals surface area contributed by atoms with Gasteiger partial charge in [0.2, 0.25) is 0 Å². The topological polar surface area (TPSA) is 47.6 Å². The maximum absolute atomic E-state index is 10.4. The molecule has 1 N–H and O–H groups in total. The van der Waals surface area contributed by atoms with Crippen LogP contribution < -0.4 is 5.48 Å². The van der Waals surface area contributed by atoms with Gasteiger partial charge < -0.3 is 4.74 Å². The van der Waals surface area contributed by atoms with Gasteiger partial charge in [-0.2, -0.15) is 5.48 Å². The summed E-state index contributed by atoms with van der Waals surface area (Å²) in [6, 6.07) is 0. The van der Waals surface area contributed by atoms with Gasteiger partial charge in [-0.25, -0.2) is 4.79 Å². The highest BCUT2D eigenvalue weighted by molar-refractivity contribution is 5.65. The Labute approximate surface area is 54.1 Å². The van der Waals surface area contributed by atoms with Gasteiger partial charge in [-0.05, 0) is 13.8 Å². The Morgan fingerprint density at radius 2 is 2.11 bits per heavy atom. The summed E-state index contributed by atoms with van der Waals surface area (Å²) >= 11 is 0. The number of carbonyl (C=O) groups excluding carboxylic acids is 1. The zero-order chi connectivity index (χ0) is 7.28. The molecule has 0 aromatic carbocycles. The normalized spacial score (nSPS) is 9.33. The van der Waals surface area contributed by atoms with Crippen LogP contribution >= 0.6 is 0 Å². The lowest BCUT2D eigenvalue weighted by molar-refractivity contribution is 0.0440. The predicted octanol–water partition coefficient (Wildman–Crippen LogP) is 0.682. The first-order valence-corrected chi connectivity index (χ1v) is 2.66. The molecule has 1 amide bonds. The number of hydroxylamine groups is 1. The largest absolute Gasteiger partial charge is 0.445 e. The van der Waals surface area contributed by atoms with Crippen molar-refractivity contribution in [3.05, 3.63) is 0 Å². The van der Waals surface area contributed by atoms with Gasteiger partial charge in [0.1, 0.15) is 0 Å². The van der Waals surface area contributed by atoms with Crippen LogP contribution in [0.2, 0.25) is 0 Å². The van der Waals surface area contributed by atoms with Gasteiger partial charge in [0, 0.05) is 0 Å². The van der Waals surface area contributed by atoms with Crippen LogP contribution in [0.15, 0.2) is 0 Å². The lowest BCUT2D eigenvalue weighted by atomic mass is 10.5. The van der Waals surface area contributed by atoms with Crippen molar-refractivity contribution in [2.24, 2.45) is 0 Å². The average Bonchev–Trinajstić information content (AvgIpc) is 1.63. The first-order chi connectivity index (χ1) is 4.16. The SMILES string of the molecule is CONC(=O)OC(C)C. The minimum absolute atomic E-state index is 0.111. The highest BCUT2D eigenvalue weighted by atomic mass is 16.7. The third kappa shape index (κ3) is 5.10. The molecular weight excluding hydrogens is 122 g/mol. The number of carbonyl (C=O) groups is 1. The summed E-state index contributed by atoms with van der Waals surface area (Å²) in [5.74, 6) is 0. The number of hydrogen-bond acceptors (Lipinski definition) is 3. The van der Waals surface area contributed by atoms with E-state index in [1.165, 1.54) is 7.11 Å². The fourth-order valence-electron chi connectivity index (χ4n) is 0.321. The van der Waals surface area contributed by atoms with Crippen LogP contribution in [0.1, 0.15) is 13.8 Å². The summed E-state index contributed by atoms with van der Waals surface area (Å²) in [7, 11) is 1.35. The summed E-state index contributed by atoms with van der Waals surface area (Å²) < 4.78 is 4.62. The van der Waals surface area contributed by atoms with E-state index < -0.39 is 6.09 Å². The summed E-state index contributed by atoms with van der Waals surface area (Å²) in [5, 5.41) is 0. The van der Waals surface area contributed by atoms with Crippen molar-refractivity contribution in [2.45, 2.75) is 20.0 Å². The molecule has 4 heteroatoms. The molecule has 0 radical (unpaired) electrons. The van der Waals surface area contributed by atoms with Crippen molar-refractivity contribution in [2.75, 3.05) is 7.11 Å². The van der Waals surface area contributed by atoms with Gasteiger partial charge in [0.15, 0.2) is 0 Å². The molecule has 0 aromatic rings. The summed E-state index contributed by atoms with van der Waals surface area (Å²) in [6.45, 7) is 3.52. The van der Waals surface area contributed by atoms with E-state index in [2.05, 4.69) is 9.57 Å². The van der Waals surface area contributed by atoms with Gasteiger partial charge in [-0.15, -0.1) is 0 Å². The highest BCUT2D eigenvalue weighted by Crippen LogP contribution is 1.86. The van der Waals surface area contributed by atoms with E-state index in [1.807, 2.05) is 5.48 Å². The highest BCUT2D eigenvalue weighted by Gasteiger charge is 2.01. The summed E-state index contributed by atoms with van der Waals surface area (Å²) in [4.78, 5) is 14.7. The second-order valence-electron chi connectivity index (χ2n) is 1.76. The second kappa shape index (κ2) is 4.14. The fourth-order valence-corrected chi connectivity index (χ4v) is 0.321. The monoisotopic (exact) mass is 133 g/mol. The van der Waals surface area contributed by atoms with Crippen LogP contribution in [0.3, 0.4) is 0 Å². The van der Waals surface area contributed by atoms with Gasteiger partial charge in [-0.3, -0.25) is 4.84 Å². The number of hydrogen-bond donors (Lipinski definition) is 1. The maximum Gasteiger partial charge on any atom is 0.431 e. The van der Waals surface area contributed by atoms with Crippen LogP contribution in [-0.4, -0.2) is 19.3 Å². The number of nitrogens with one attached hydrogen (secondary N) is 1. The molecule has 0 saturated carbocycles. The molecular formula is C5H11NO3. The molecule has 0 aliphatic carbocycles. The molecule has 9 heavy (non-hydrogen) atoms. The molecule has 0 aromatic heterocycles. The zero-order valence-electron chi connectivity index (χ0n) is 5.80. The lowest BCUT2D eigenvalue weighted by Crippen LogP contribution is -2.25. The number of ether oxygens (including phenoxy) is 1. The van der Waals surface area contributed by atoms with Crippen molar-refractivity contribution in [3.8, 4) is 0 Å². The standard InChI is InChI=1S/C5H11NO3/c1-4(2)9-5(7)6-8-3/h4H,1-3H3,(H,6,7). The first-order valence-electron chi connectivity index (χ1n) is 2.66. The molecule has 0 fully saturated rings. The Morgan fingerprint density at radius 3 is 2.44 bits per heavy atom. The van der Waals surface area contributed by atoms with Crippen LogP contribution in [0, 0.1) is 0 Å². The molecule has 54 valence electrons. The van der Waals surface area contributed by atoms with E-state index in [0.717, 1.165) is 0 Å². The van der Waals surface area contributed by atoms with Crippen molar-refractivity contribution in [1.82, 2.24) is 5.48 Å². The van der Waals surface area contributed by atoms with Gasteiger partial charge in [0.05, 0.1) is 13.2 Å². The van der Waals surface area contributed by atoms with E-state index in [0.29, 0.717) is 0 Å². The van der Waals surface area contributed by atoms with E-state index in [4.69, 9.17) is 0 Å². The molecule has 0 atom stereocenters. The van der Waals surface area contributed by atoms with E-state index in [9.17, 15) is 4.79 Å². The number of amides is 1. The van der Waals surface area contributed by atoms with Gasteiger partial charge in [-0.1, -0.05) is 0 Å². The molecule has 0 unspecified atom stereocenters. The van der Waals surface area contributed by atoms with Gasteiger partial charge in [0.25, 0.3) is 0 Å². The average molecular weight is 133 g/mol. The van der Waals surface area contributed by atoms with Crippen molar-refractivity contribution >= 4 is 6.09 Å². The van der Waals surface area contributed by atoms with E-state index in [-0.39, 0.29) is 6.10 Å². The molecule has 0 spiro atoms. The van der Waals surface area contributed by atoms with E-state index in [1.54, 1.807) is 13.8 Å². The molecule has 4 nitrogen and oxygen atoms in total. The minimum Gasteiger partial charge on any atom is -0.445 e. The van der Waals surface area contributed by atoms with Crippen LogP contribution in [0.25, 0.3) is 0 Å². The third-order valence-corrected chi connectivity index (χ3v) is 0.528. The van der Waals surface area contributed by atoms with Crippen LogP contribution in [0.4, 0.5) is 4.79 Å². The Kier molecular flexibility index (Phi) is 3.79. The van der Waals surface area contributed by atoms with Crippen LogP contribution in [-0.2, 0) is 9.57 Å². The van der Waals surface area contributed by atoms with Crippen molar-refractivity contribution in [1.29, 1.82) is 0 Å². The zero-order valence-corrected chi connectivity index (χ0v) is 5.80. The number of rotatable bonds is 2. The Morgan fingerprint density at radius 1 is 1.56 bits per heavy atom. The second-order valence-corrected chi connectivity index (χ2v) is 1.76. The molecule has 0 heterocycles. The van der Waals surface area contributed by atoms with Gasteiger partial charge >= 0.3 is 6.09 Å². The quantitative estimate of drug-likeness (QED) is 0.563. The molecule has 0 bridgehead atoms. The van der Waals surface area contributed by atoms with Crippen LogP contribution in [0.5, 0.6) is 0 Å². The lowest BCUT2D eigenvalue weighted by Gasteiger charge is -2.06. The maximum atomic E-state index is 10.4. The predicted molar refractivity (Wildman–Crippen MR) is 31.8 cm³/mol. The summed E-state index contributed by atoms with van der Waals surface area (Å²) in [6.07, 6.45) is -0.673. The smallest absolute Gasteiger partial charge is 0.431 e. The molecule has 0 saturated heterocycles. The Hall–Kier alpha value is -0.770. The Balaban J connectivity index is 3.27.